The van der Waals surface area contributed by atoms with Crippen LogP contribution in [0.25, 0.3) is 0 Å². The average molecular weight is 369 g/mol. The van der Waals surface area contributed by atoms with Gasteiger partial charge in [-0.2, -0.15) is 5.10 Å². The molecule has 0 radical (unpaired) electrons. The van der Waals surface area contributed by atoms with Crippen LogP contribution in [0.2, 0.25) is 0 Å². The standard InChI is InChI=1S/C19H23N5OS/c25-11-10-24-19(21-17(22-24)13-16-6-4-12-26-16)18(23-8-1-2-9-23)15-5-3-7-20-14-15/h3-7,12,14,18,25H,1-2,8-11,13H2/t18-/m0/s1. The Morgan fingerprint density at radius 1 is 1.19 bits per heavy atom. The molecule has 1 aliphatic rings. The van der Waals surface area contributed by atoms with Gasteiger partial charge in [0.1, 0.15) is 5.82 Å². The molecular weight excluding hydrogens is 346 g/mol. The van der Waals surface area contributed by atoms with E-state index in [0.29, 0.717) is 6.54 Å². The molecule has 0 unspecified atom stereocenters. The van der Waals surface area contributed by atoms with E-state index in [1.54, 1.807) is 17.5 Å². The Morgan fingerprint density at radius 2 is 2.08 bits per heavy atom. The zero-order chi connectivity index (χ0) is 17.8. The molecule has 7 heteroatoms. The first kappa shape index (κ1) is 17.3. The van der Waals surface area contributed by atoms with Crippen LogP contribution in [0.3, 0.4) is 0 Å². The molecule has 4 rings (SSSR count). The van der Waals surface area contributed by atoms with Gasteiger partial charge in [0.25, 0.3) is 0 Å². The number of rotatable bonds is 7. The maximum atomic E-state index is 9.52. The summed E-state index contributed by atoms with van der Waals surface area (Å²) in [5, 5.41) is 16.3. The van der Waals surface area contributed by atoms with Crippen LogP contribution in [0.4, 0.5) is 0 Å². The summed E-state index contributed by atoms with van der Waals surface area (Å²) >= 11 is 1.72. The Bertz CT molecular complexity index is 812. The van der Waals surface area contributed by atoms with Gasteiger partial charge in [0, 0.05) is 23.7 Å². The minimum absolute atomic E-state index is 0.0299. The van der Waals surface area contributed by atoms with E-state index in [4.69, 9.17) is 10.1 Å². The first-order chi connectivity index (χ1) is 12.8. The van der Waals surface area contributed by atoms with Crippen LogP contribution < -0.4 is 0 Å². The fraction of sp³-hybridized carbons (Fsp3) is 0.421. The van der Waals surface area contributed by atoms with Gasteiger partial charge in [-0.25, -0.2) is 9.67 Å². The lowest BCUT2D eigenvalue weighted by Crippen LogP contribution is -2.29. The van der Waals surface area contributed by atoms with Crippen molar-refractivity contribution in [1.82, 2.24) is 24.6 Å². The van der Waals surface area contributed by atoms with Gasteiger partial charge in [0.15, 0.2) is 5.82 Å². The molecule has 1 saturated heterocycles. The molecule has 1 fully saturated rings. The van der Waals surface area contributed by atoms with Crippen molar-refractivity contribution in [3.63, 3.8) is 0 Å². The van der Waals surface area contributed by atoms with Gasteiger partial charge in [0.2, 0.25) is 0 Å². The number of aliphatic hydroxyl groups is 1. The summed E-state index contributed by atoms with van der Waals surface area (Å²) in [5.41, 5.74) is 1.13. The highest BCUT2D eigenvalue weighted by Crippen LogP contribution is 2.30. The Hall–Kier alpha value is -2.09. The molecule has 1 atom stereocenters. The summed E-state index contributed by atoms with van der Waals surface area (Å²) in [6.45, 7) is 2.60. The van der Waals surface area contributed by atoms with Gasteiger partial charge in [0.05, 0.1) is 19.2 Å². The summed E-state index contributed by atoms with van der Waals surface area (Å²) in [6.07, 6.45) is 6.84. The lowest BCUT2D eigenvalue weighted by atomic mass is 10.1. The van der Waals surface area contributed by atoms with Crippen molar-refractivity contribution in [2.45, 2.75) is 31.8 Å². The Morgan fingerprint density at radius 3 is 2.77 bits per heavy atom. The van der Waals surface area contributed by atoms with E-state index in [1.807, 2.05) is 23.0 Å². The number of thiophene rings is 1. The normalized spacial score (nSPS) is 16.2. The summed E-state index contributed by atoms with van der Waals surface area (Å²) in [5.74, 6) is 1.71. The number of pyridine rings is 1. The molecule has 0 aliphatic carbocycles. The number of aliphatic hydroxyl groups excluding tert-OH is 1. The van der Waals surface area contributed by atoms with Crippen LogP contribution in [0.15, 0.2) is 42.0 Å². The quantitative estimate of drug-likeness (QED) is 0.693. The van der Waals surface area contributed by atoms with Crippen molar-refractivity contribution in [1.29, 1.82) is 0 Å². The predicted molar refractivity (Wildman–Crippen MR) is 101 cm³/mol. The molecule has 1 N–H and O–H groups in total. The van der Waals surface area contributed by atoms with Crippen LogP contribution in [0, 0.1) is 0 Å². The molecule has 6 nitrogen and oxygen atoms in total. The van der Waals surface area contributed by atoms with E-state index in [9.17, 15) is 5.11 Å². The maximum Gasteiger partial charge on any atom is 0.156 e. The number of aromatic nitrogens is 4. The number of likely N-dealkylation sites (tertiary alicyclic amines) is 1. The molecule has 3 aromatic rings. The highest BCUT2D eigenvalue weighted by atomic mass is 32.1. The molecule has 1 aliphatic heterocycles. The van der Waals surface area contributed by atoms with Crippen molar-refractivity contribution >= 4 is 11.3 Å². The fourth-order valence-electron chi connectivity index (χ4n) is 3.57. The second kappa shape index (κ2) is 8.07. The fourth-order valence-corrected chi connectivity index (χ4v) is 4.27. The van der Waals surface area contributed by atoms with Crippen LogP contribution in [0.5, 0.6) is 0 Å². The highest BCUT2D eigenvalue weighted by molar-refractivity contribution is 7.09. The van der Waals surface area contributed by atoms with E-state index in [0.717, 1.165) is 36.7 Å². The van der Waals surface area contributed by atoms with Crippen LogP contribution >= 0.6 is 11.3 Å². The maximum absolute atomic E-state index is 9.52. The average Bonchev–Trinajstić information content (AvgIpc) is 3.41. The molecule has 0 spiro atoms. The third-order valence-corrected chi connectivity index (χ3v) is 5.60. The van der Waals surface area contributed by atoms with E-state index < -0.39 is 0 Å². The van der Waals surface area contributed by atoms with Gasteiger partial charge >= 0.3 is 0 Å². The zero-order valence-corrected chi connectivity index (χ0v) is 15.5. The molecule has 0 aromatic carbocycles. The topological polar surface area (TPSA) is 67.1 Å². The first-order valence-electron chi connectivity index (χ1n) is 9.06. The Balaban J connectivity index is 1.72. The Labute approximate surface area is 157 Å². The zero-order valence-electron chi connectivity index (χ0n) is 14.7. The second-order valence-electron chi connectivity index (χ2n) is 6.52. The number of hydrogen-bond donors (Lipinski definition) is 1. The molecule has 0 bridgehead atoms. The summed E-state index contributed by atoms with van der Waals surface area (Å²) in [6, 6.07) is 8.26. The van der Waals surface area contributed by atoms with Gasteiger partial charge in [-0.3, -0.25) is 9.88 Å². The van der Waals surface area contributed by atoms with Crippen molar-refractivity contribution in [3.8, 4) is 0 Å². The second-order valence-corrected chi connectivity index (χ2v) is 7.55. The minimum atomic E-state index is 0.0299. The molecular formula is C19H23N5OS. The first-order valence-corrected chi connectivity index (χ1v) is 9.94. The largest absolute Gasteiger partial charge is 0.394 e. The molecule has 3 aromatic heterocycles. The van der Waals surface area contributed by atoms with Crippen molar-refractivity contribution in [2.24, 2.45) is 0 Å². The smallest absolute Gasteiger partial charge is 0.156 e. The number of hydrogen-bond acceptors (Lipinski definition) is 6. The third-order valence-electron chi connectivity index (χ3n) is 4.72. The van der Waals surface area contributed by atoms with Gasteiger partial charge in [-0.1, -0.05) is 12.1 Å². The van der Waals surface area contributed by atoms with E-state index in [2.05, 4.69) is 27.4 Å². The molecule has 136 valence electrons. The molecule has 26 heavy (non-hydrogen) atoms. The summed E-state index contributed by atoms with van der Waals surface area (Å²) < 4.78 is 1.87. The predicted octanol–water partition coefficient (Wildman–Crippen LogP) is 2.50. The lowest BCUT2D eigenvalue weighted by molar-refractivity contribution is 0.241. The van der Waals surface area contributed by atoms with Crippen molar-refractivity contribution in [2.75, 3.05) is 19.7 Å². The molecule has 0 amide bonds. The van der Waals surface area contributed by atoms with Crippen LogP contribution in [0.1, 0.15) is 41.0 Å². The lowest BCUT2D eigenvalue weighted by Gasteiger charge is -2.27. The summed E-state index contributed by atoms with van der Waals surface area (Å²) in [4.78, 5) is 12.9. The van der Waals surface area contributed by atoms with Crippen molar-refractivity contribution in [3.05, 3.63) is 64.1 Å². The highest BCUT2D eigenvalue weighted by Gasteiger charge is 2.30. The van der Waals surface area contributed by atoms with Crippen molar-refractivity contribution < 1.29 is 5.11 Å². The molecule has 0 saturated carbocycles. The SMILES string of the molecule is OCCn1nc(Cc2cccs2)nc1[C@H](c1cccnc1)N1CCCC1. The van der Waals surface area contributed by atoms with E-state index in [1.165, 1.54) is 17.7 Å². The molecule has 4 heterocycles. The third kappa shape index (κ3) is 3.70. The summed E-state index contributed by atoms with van der Waals surface area (Å²) in [7, 11) is 0. The van der Waals surface area contributed by atoms with Crippen LogP contribution in [-0.4, -0.2) is 49.5 Å². The van der Waals surface area contributed by atoms with Gasteiger partial charge < -0.3 is 5.11 Å². The van der Waals surface area contributed by atoms with E-state index in [-0.39, 0.29) is 12.6 Å². The monoisotopic (exact) mass is 369 g/mol. The Kier molecular flexibility index (Phi) is 5.38. The van der Waals surface area contributed by atoms with Gasteiger partial charge in [-0.05, 0) is 49.0 Å². The van der Waals surface area contributed by atoms with E-state index >= 15 is 0 Å². The number of nitrogens with zero attached hydrogens (tertiary/aromatic N) is 5. The van der Waals surface area contributed by atoms with Gasteiger partial charge in [-0.15, -0.1) is 11.3 Å². The minimum Gasteiger partial charge on any atom is -0.394 e. The van der Waals surface area contributed by atoms with Crippen LogP contribution in [-0.2, 0) is 13.0 Å².